The Bertz CT molecular complexity index is 615. The van der Waals surface area contributed by atoms with E-state index in [9.17, 15) is 8.42 Å². The number of hydrogen-bond donors (Lipinski definition) is 0. The second-order valence-corrected chi connectivity index (χ2v) is 7.44. The van der Waals surface area contributed by atoms with Gasteiger partial charge in [-0.1, -0.05) is 11.6 Å². The Morgan fingerprint density at radius 1 is 1.48 bits per heavy atom. The number of ether oxygens (including phenoxy) is 2. The second-order valence-electron chi connectivity index (χ2n) is 4.77. The average Bonchev–Trinajstić information content (AvgIpc) is 2.99. The Balaban J connectivity index is 2.50. The van der Waals surface area contributed by atoms with Crippen LogP contribution in [-0.2, 0) is 20.6 Å². The van der Waals surface area contributed by atoms with E-state index >= 15 is 0 Å². The molecule has 0 aromatic heterocycles. The molecule has 1 aliphatic rings. The van der Waals surface area contributed by atoms with Crippen LogP contribution in [0.5, 0.6) is 5.75 Å². The number of alkyl halides is 1. The van der Waals surface area contributed by atoms with Crippen molar-refractivity contribution in [2.45, 2.75) is 23.2 Å². The third kappa shape index (κ3) is 3.29. The van der Waals surface area contributed by atoms with E-state index in [1.165, 1.54) is 24.5 Å². The van der Waals surface area contributed by atoms with Crippen molar-refractivity contribution >= 4 is 33.2 Å². The summed E-state index contributed by atoms with van der Waals surface area (Å²) in [4.78, 5) is 0.0301. The van der Waals surface area contributed by atoms with Gasteiger partial charge in [0, 0.05) is 24.2 Å². The fourth-order valence-electron chi connectivity index (χ4n) is 2.31. The lowest BCUT2D eigenvalue weighted by Crippen LogP contribution is -2.37. The molecule has 1 fully saturated rings. The van der Waals surface area contributed by atoms with Crippen molar-refractivity contribution in [3.63, 3.8) is 0 Å². The number of sulfonamides is 1. The first-order chi connectivity index (χ1) is 9.91. The predicted octanol–water partition coefficient (Wildman–Crippen LogP) is 2.50. The van der Waals surface area contributed by atoms with Crippen LogP contribution in [0.3, 0.4) is 0 Å². The summed E-state index contributed by atoms with van der Waals surface area (Å²) in [5.41, 5.74) is 0.543. The van der Waals surface area contributed by atoms with Crippen molar-refractivity contribution in [2.75, 3.05) is 27.4 Å². The maximum Gasteiger partial charge on any atom is 0.246 e. The lowest BCUT2D eigenvalue weighted by atomic mass is 10.2. The van der Waals surface area contributed by atoms with Gasteiger partial charge in [-0.15, -0.1) is 11.6 Å². The maximum atomic E-state index is 12.8. The predicted molar refractivity (Wildman–Crippen MR) is 81.7 cm³/mol. The lowest BCUT2D eigenvalue weighted by molar-refractivity contribution is 0.180. The van der Waals surface area contributed by atoms with E-state index in [-0.39, 0.29) is 22.6 Å². The Hall–Kier alpha value is -0.530. The van der Waals surface area contributed by atoms with E-state index in [4.69, 9.17) is 32.7 Å². The van der Waals surface area contributed by atoms with Gasteiger partial charge in [0.1, 0.15) is 10.6 Å². The number of rotatable bonds is 5. The molecule has 1 atom stereocenters. The first-order valence-electron chi connectivity index (χ1n) is 6.40. The van der Waals surface area contributed by atoms with Crippen LogP contribution in [-0.4, -0.2) is 46.1 Å². The van der Waals surface area contributed by atoms with E-state index in [0.29, 0.717) is 30.2 Å². The van der Waals surface area contributed by atoms with Gasteiger partial charge in [-0.3, -0.25) is 0 Å². The van der Waals surface area contributed by atoms with E-state index in [1.54, 1.807) is 6.07 Å². The summed E-state index contributed by atoms with van der Waals surface area (Å²) in [5.74, 6) is 0.350. The fourth-order valence-corrected chi connectivity index (χ4v) is 4.40. The molecule has 8 heteroatoms. The standard InChI is InChI=1S/C13H17Cl2NO4S/c1-16(11-3-4-20-8-11)21(17,18)12-6-10(15)5-9(7-14)13(12)19-2/h5-6,11H,3-4,7-8H2,1-2H3. The van der Waals surface area contributed by atoms with Crippen molar-refractivity contribution < 1.29 is 17.9 Å². The van der Waals surface area contributed by atoms with Crippen molar-refractivity contribution in [3.8, 4) is 5.75 Å². The molecule has 118 valence electrons. The minimum atomic E-state index is -3.74. The zero-order valence-electron chi connectivity index (χ0n) is 11.8. The van der Waals surface area contributed by atoms with Crippen LogP contribution in [0, 0.1) is 0 Å². The van der Waals surface area contributed by atoms with Gasteiger partial charge in [-0.05, 0) is 18.6 Å². The molecule has 0 N–H and O–H groups in total. The lowest BCUT2D eigenvalue weighted by Gasteiger charge is -2.24. The monoisotopic (exact) mass is 353 g/mol. The first-order valence-corrected chi connectivity index (χ1v) is 8.75. The highest BCUT2D eigenvalue weighted by molar-refractivity contribution is 7.89. The van der Waals surface area contributed by atoms with Gasteiger partial charge < -0.3 is 9.47 Å². The first kappa shape index (κ1) is 16.8. The van der Waals surface area contributed by atoms with Crippen LogP contribution in [0.15, 0.2) is 17.0 Å². The molecule has 1 saturated heterocycles. The van der Waals surface area contributed by atoms with Crippen LogP contribution >= 0.6 is 23.2 Å². The number of likely N-dealkylation sites (N-methyl/N-ethyl adjacent to an activating group) is 1. The second kappa shape index (κ2) is 6.71. The third-order valence-electron chi connectivity index (χ3n) is 3.52. The Labute approximate surface area is 134 Å². The zero-order chi connectivity index (χ0) is 15.6. The largest absolute Gasteiger partial charge is 0.495 e. The molecule has 1 aromatic rings. The van der Waals surface area contributed by atoms with Crippen molar-refractivity contribution in [2.24, 2.45) is 0 Å². The van der Waals surface area contributed by atoms with E-state index < -0.39 is 10.0 Å². The van der Waals surface area contributed by atoms with Crippen molar-refractivity contribution in [1.29, 1.82) is 0 Å². The molecule has 0 spiro atoms. The SMILES string of the molecule is COc1c(CCl)cc(Cl)cc1S(=O)(=O)N(C)C1CCOC1. The minimum absolute atomic E-state index is 0.0301. The Kier molecular flexibility index (Phi) is 5.38. The molecule has 2 rings (SSSR count). The fraction of sp³-hybridized carbons (Fsp3) is 0.538. The molecule has 1 aromatic carbocycles. The van der Waals surface area contributed by atoms with Crippen molar-refractivity contribution in [1.82, 2.24) is 4.31 Å². The number of halogens is 2. The van der Waals surface area contributed by atoms with Crippen molar-refractivity contribution in [3.05, 3.63) is 22.7 Å². The molecule has 0 bridgehead atoms. The summed E-state index contributed by atoms with van der Waals surface area (Å²) in [6.45, 7) is 0.950. The molecule has 0 saturated carbocycles. The summed E-state index contributed by atoms with van der Waals surface area (Å²) in [5, 5.41) is 0.307. The molecule has 5 nitrogen and oxygen atoms in total. The van der Waals surface area contributed by atoms with E-state index in [1.807, 2.05) is 0 Å². The summed E-state index contributed by atoms with van der Waals surface area (Å²) in [7, 11) is -0.784. The van der Waals surface area contributed by atoms with Gasteiger partial charge in [-0.2, -0.15) is 4.31 Å². The van der Waals surface area contributed by atoms with Crippen LogP contribution in [0.25, 0.3) is 0 Å². The molecule has 21 heavy (non-hydrogen) atoms. The molecule has 0 radical (unpaired) electrons. The highest BCUT2D eigenvalue weighted by Crippen LogP contribution is 2.35. The summed E-state index contributed by atoms with van der Waals surface area (Å²) in [6.07, 6.45) is 0.668. The van der Waals surface area contributed by atoms with Gasteiger partial charge in [0.25, 0.3) is 0 Å². The molecule has 1 aliphatic heterocycles. The van der Waals surface area contributed by atoms with Gasteiger partial charge in [-0.25, -0.2) is 8.42 Å². The normalized spacial score (nSPS) is 19.2. The summed E-state index contributed by atoms with van der Waals surface area (Å²) in [6, 6.07) is 2.81. The van der Waals surface area contributed by atoms with Crippen LogP contribution in [0.4, 0.5) is 0 Å². The number of benzene rings is 1. The number of methoxy groups -OCH3 is 1. The van der Waals surface area contributed by atoms with Crippen LogP contribution in [0.2, 0.25) is 5.02 Å². The van der Waals surface area contributed by atoms with Gasteiger partial charge in [0.15, 0.2) is 0 Å². The maximum absolute atomic E-state index is 12.8. The average molecular weight is 354 g/mol. The summed E-state index contributed by atoms with van der Waals surface area (Å²) >= 11 is 11.9. The molecule has 1 heterocycles. The Morgan fingerprint density at radius 2 is 2.19 bits per heavy atom. The molecule has 0 amide bonds. The summed E-state index contributed by atoms with van der Waals surface area (Å²) < 4.78 is 37.4. The van der Waals surface area contributed by atoms with E-state index in [2.05, 4.69) is 0 Å². The van der Waals surface area contributed by atoms with E-state index in [0.717, 1.165) is 0 Å². The quantitative estimate of drug-likeness (QED) is 0.763. The molecule has 1 unspecified atom stereocenters. The topological polar surface area (TPSA) is 55.8 Å². The highest BCUT2D eigenvalue weighted by atomic mass is 35.5. The molecule has 0 aliphatic carbocycles. The molecular formula is C13H17Cl2NO4S. The highest BCUT2D eigenvalue weighted by Gasteiger charge is 2.33. The third-order valence-corrected chi connectivity index (χ3v) is 5.94. The molecular weight excluding hydrogens is 337 g/mol. The van der Waals surface area contributed by atoms with Gasteiger partial charge >= 0.3 is 0 Å². The van der Waals surface area contributed by atoms with Gasteiger partial charge in [0.05, 0.1) is 25.6 Å². The number of nitrogens with zero attached hydrogens (tertiary/aromatic N) is 1. The van der Waals surface area contributed by atoms with Crippen LogP contribution in [0.1, 0.15) is 12.0 Å². The zero-order valence-corrected chi connectivity index (χ0v) is 14.1. The Morgan fingerprint density at radius 3 is 2.71 bits per heavy atom. The van der Waals surface area contributed by atoms with Gasteiger partial charge in [0.2, 0.25) is 10.0 Å². The minimum Gasteiger partial charge on any atom is -0.495 e. The smallest absolute Gasteiger partial charge is 0.246 e. The van der Waals surface area contributed by atoms with Crippen LogP contribution < -0.4 is 4.74 Å². The number of hydrogen-bond acceptors (Lipinski definition) is 4.